The maximum absolute atomic E-state index is 13.9. The van der Waals surface area contributed by atoms with Gasteiger partial charge in [0.15, 0.2) is 0 Å². The predicted octanol–water partition coefficient (Wildman–Crippen LogP) is 2.53. The van der Waals surface area contributed by atoms with Gasteiger partial charge in [0.05, 0.1) is 17.1 Å². The molecule has 1 saturated heterocycles. The van der Waals surface area contributed by atoms with Crippen LogP contribution in [0.4, 0.5) is 20.6 Å². The van der Waals surface area contributed by atoms with E-state index in [2.05, 4.69) is 10.6 Å². The molecule has 8 heteroatoms. The topological polar surface area (TPSA) is 78.5 Å². The van der Waals surface area contributed by atoms with E-state index in [1.54, 1.807) is 0 Å². The highest BCUT2D eigenvalue weighted by atomic mass is 32.2. The summed E-state index contributed by atoms with van der Waals surface area (Å²) in [5.41, 5.74) is 0.314. The number of sulfonamides is 1. The van der Waals surface area contributed by atoms with Crippen LogP contribution in [0.15, 0.2) is 18.2 Å². The number of amides is 2. The molecule has 1 unspecified atom stereocenters. The Bertz CT molecular complexity index is 691. The minimum Gasteiger partial charge on any atom is -0.335 e. The molecule has 6 nitrogen and oxygen atoms in total. The number of nitrogens with zero attached hydrogens (tertiary/aromatic N) is 1. The van der Waals surface area contributed by atoms with Crippen molar-refractivity contribution in [3.05, 3.63) is 24.0 Å². The second kappa shape index (κ2) is 6.74. The molecular weight excluding hydrogens is 321 g/mol. The number of rotatable bonds is 4. The molecule has 0 radical (unpaired) electrons. The summed E-state index contributed by atoms with van der Waals surface area (Å²) in [5.74, 6) is -0.288. The smallest absolute Gasteiger partial charge is 0.319 e. The third-order valence-corrected chi connectivity index (χ3v) is 5.81. The number of nitrogens with one attached hydrogen (secondary N) is 2. The van der Waals surface area contributed by atoms with Crippen molar-refractivity contribution in [2.45, 2.75) is 33.2 Å². The van der Waals surface area contributed by atoms with Crippen LogP contribution in [0, 0.1) is 11.7 Å². The molecule has 0 bridgehead atoms. The number of hydrogen-bond donors (Lipinski definition) is 2. The zero-order valence-corrected chi connectivity index (χ0v) is 14.3. The molecular formula is C15H22FN3O3S. The Labute approximate surface area is 136 Å². The zero-order chi connectivity index (χ0) is 17.2. The average molecular weight is 343 g/mol. The molecule has 1 aromatic rings. The molecule has 1 aliphatic heterocycles. The quantitative estimate of drug-likeness (QED) is 0.882. The highest BCUT2D eigenvalue weighted by Crippen LogP contribution is 2.28. The summed E-state index contributed by atoms with van der Waals surface area (Å²) in [5, 5.41) is 5.15. The van der Waals surface area contributed by atoms with Gasteiger partial charge in [-0.3, -0.25) is 4.31 Å². The monoisotopic (exact) mass is 343 g/mol. The maximum atomic E-state index is 13.9. The van der Waals surface area contributed by atoms with E-state index in [4.69, 9.17) is 0 Å². The maximum Gasteiger partial charge on any atom is 0.319 e. The summed E-state index contributed by atoms with van der Waals surface area (Å²) in [6.45, 7) is 6.15. The molecule has 0 aliphatic carbocycles. The summed E-state index contributed by atoms with van der Waals surface area (Å²) < 4.78 is 39.0. The van der Waals surface area contributed by atoms with Crippen molar-refractivity contribution in [3.63, 3.8) is 0 Å². The van der Waals surface area contributed by atoms with Gasteiger partial charge in [-0.2, -0.15) is 0 Å². The van der Waals surface area contributed by atoms with Crippen LogP contribution in [-0.2, 0) is 10.0 Å². The van der Waals surface area contributed by atoms with E-state index >= 15 is 0 Å². The SMILES string of the molecule is CC(C)C(C)NC(=O)Nc1cc(N2CCCS2(=O)=O)ccc1F. The molecule has 1 aromatic carbocycles. The molecule has 0 spiro atoms. The minimum absolute atomic E-state index is 0.0435. The number of benzene rings is 1. The molecule has 2 N–H and O–H groups in total. The largest absolute Gasteiger partial charge is 0.335 e. The van der Waals surface area contributed by atoms with Crippen molar-refractivity contribution < 1.29 is 17.6 Å². The van der Waals surface area contributed by atoms with E-state index in [9.17, 15) is 17.6 Å². The molecule has 128 valence electrons. The number of urea groups is 1. The molecule has 23 heavy (non-hydrogen) atoms. The van der Waals surface area contributed by atoms with E-state index in [0.29, 0.717) is 18.7 Å². The van der Waals surface area contributed by atoms with Gasteiger partial charge >= 0.3 is 6.03 Å². The van der Waals surface area contributed by atoms with Crippen LogP contribution >= 0.6 is 0 Å². The van der Waals surface area contributed by atoms with Crippen LogP contribution in [-0.4, -0.2) is 32.8 Å². The van der Waals surface area contributed by atoms with E-state index < -0.39 is 21.9 Å². The molecule has 0 saturated carbocycles. The minimum atomic E-state index is -3.35. The summed E-state index contributed by atoms with van der Waals surface area (Å²) in [6, 6.07) is 3.31. The Balaban J connectivity index is 2.17. The Hall–Kier alpha value is -1.83. The molecule has 1 aliphatic rings. The van der Waals surface area contributed by atoms with Gasteiger partial charge in [-0.05, 0) is 37.5 Å². The highest BCUT2D eigenvalue weighted by Gasteiger charge is 2.29. The fraction of sp³-hybridized carbons (Fsp3) is 0.533. The van der Waals surface area contributed by atoms with Crippen molar-refractivity contribution in [1.29, 1.82) is 0 Å². The summed E-state index contributed by atoms with van der Waals surface area (Å²) >= 11 is 0. The lowest BCUT2D eigenvalue weighted by atomic mass is 10.1. The van der Waals surface area contributed by atoms with Crippen molar-refractivity contribution in [3.8, 4) is 0 Å². The van der Waals surface area contributed by atoms with Gasteiger partial charge in [-0.15, -0.1) is 0 Å². The van der Waals surface area contributed by atoms with E-state index in [0.717, 1.165) is 6.07 Å². The van der Waals surface area contributed by atoms with Crippen LogP contribution in [0.2, 0.25) is 0 Å². The summed E-state index contributed by atoms with van der Waals surface area (Å²) in [4.78, 5) is 11.9. The standard InChI is InChI=1S/C15H22FN3O3S/c1-10(2)11(3)17-15(20)18-14-9-12(5-6-13(14)16)19-7-4-8-23(19,21)22/h5-6,9-11H,4,7-8H2,1-3H3,(H2,17,18,20). The molecule has 1 fully saturated rings. The van der Waals surface area contributed by atoms with Crippen molar-refractivity contribution in [1.82, 2.24) is 5.32 Å². The first-order valence-electron chi connectivity index (χ1n) is 7.58. The van der Waals surface area contributed by atoms with Crippen molar-refractivity contribution >= 4 is 27.4 Å². The predicted molar refractivity (Wildman–Crippen MR) is 88.6 cm³/mol. The Morgan fingerprint density at radius 2 is 2.00 bits per heavy atom. The Kier molecular flexibility index (Phi) is 5.13. The number of anilines is 2. The number of hydrogen-bond acceptors (Lipinski definition) is 3. The normalized spacial score (nSPS) is 18.0. The first-order chi connectivity index (χ1) is 10.7. The van der Waals surface area contributed by atoms with Gasteiger partial charge in [0.25, 0.3) is 0 Å². The third-order valence-electron chi connectivity index (χ3n) is 3.94. The van der Waals surface area contributed by atoms with Gasteiger partial charge in [-0.25, -0.2) is 17.6 Å². The van der Waals surface area contributed by atoms with Gasteiger partial charge in [0, 0.05) is 12.6 Å². The summed E-state index contributed by atoms with van der Waals surface area (Å²) in [7, 11) is -3.35. The highest BCUT2D eigenvalue weighted by molar-refractivity contribution is 7.93. The third kappa shape index (κ3) is 4.13. The second-order valence-electron chi connectivity index (χ2n) is 6.04. The average Bonchev–Trinajstić information content (AvgIpc) is 2.80. The van der Waals surface area contributed by atoms with Gasteiger partial charge in [0.2, 0.25) is 10.0 Å². The van der Waals surface area contributed by atoms with Crippen molar-refractivity contribution in [2.75, 3.05) is 21.9 Å². The molecule has 1 atom stereocenters. The second-order valence-corrected chi connectivity index (χ2v) is 8.05. The van der Waals surface area contributed by atoms with Gasteiger partial charge in [0.1, 0.15) is 5.82 Å². The van der Waals surface area contributed by atoms with E-state index in [-0.39, 0.29) is 23.4 Å². The van der Waals surface area contributed by atoms with Crippen molar-refractivity contribution in [2.24, 2.45) is 5.92 Å². The first kappa shape index (κ1) is 17.5. The number of carbonyl (C=O) groups is 1. The Morgan fingerprint density at radius 3 is 2.57 bits per heavy atom. The van der Waals surface area contributed by atoms with Crippen LogP contribution in [0.5, 0.6) is 0 Å². The first-order valence-corrected chi connectivity index (χ1v) is 9.19. The lowest BCUT2D eigenvalue weighted by molar-refractivity contribution is 0.246. The number of halogens is 1. The van der Waals surface area contributed by atoms with Crippen LogP contribution in [0.1, 0.15) is 27.2 Å². The van der Waals surface area contributed by atoms with Gasteiger partial charge < -0.3 is 10.6 Å². The lowest BCUT2D eigenvalue weighted by Crippen LogP contribution is -2.39. The Morgan fingerprint density at radius 1 is 1.30 bits per heavy atom. The lowest BCUT2D eigenvalue weighted by Gasteiger charge is -2.20. The van der Waals surface area contributed by atoms with Crippen LogP contribution < -0.4 is 14.9 Å². The van der Waals surface area contributed by atoms with Crippen LogP contribution in [0.3, 0.4) is 0 Å². The van der Waals surface area contributed by atoms with Crippen LogP contribution in [0.25, 0.3) is 0 Å². The fourth-order valence-electron chi connectivity index (χ4n) is 2.23. The summed E-state index contributed by atoms with van der Waals surface area (Å²) in [6.07, 6.45) is 0.537. The number of carbonyl (C=O) groups excluding carboxylic acids is 1. The fourth-order valence-corrected chi connectivity index (χ4v) is 3.78. The molecule has 2 rings (SSSR count). The van der Waals surface area contributed by atoms with E-state index in [1.165, 1.54) is 16.4 Å². The van der Waals surface area contributed by atoms with Gasteiger partial charge in [-0.1, -0.05) is 13.8 Å². The molecule has 1 heterocycles. The van der Waals surface area contributed by atoms with E-state index in [1.807, 2.05) is 20.8 Å². The molecule has 0 aromatic heterocycles. The zero-order valence-electron chi connectivity index (χ0n) is 13.5. The molecule has 2 amide bonds.